The van der Waals surface area contributed by atoms with Crippen LogP contribution in [-0.2, 0) is 9.05 Å². The van der Waals surface area contributed by atoms with Gasteiger partial charge in [0.1, 0.15) is 0 Å². The fraction of sp³-hybridized carbons (Fsp3) is 1.00. The molecule has 0 saturated carbocycles. The largest absolute Gasteiger partial charge is 0.320 e. The van der Waals surface area contributed by atoms with Crippen molar-refractivity contribution in [3.63, 3.8) is 0 Å². The van der Waals surface area contributed by atoms with Crippen LogP contribution in [-0.4, -0.2) is 31.0 Å². The lowest BCUT2D eigenvalue weighted by molar-refractivity contribution is 0.291. The van der Waals surface area contributed by atoms with E-state index in [4.69, 9.17) is 9.05 Å². The molecule has 0 aromatic heterocycles. The van der Waals surface area contributed by atoms with E-state index in [1.807, 2.05) is 0 Å². The molecule has 0 amide bonds. The topological polar surface area (TPSA) is 21.7 Å². The first-order valence-corrected chi connectivity index (χ1v) is 5.41. The van der Waals surface area contributed by atoms with Crippen LogP contribution in [0.25, 0.3) is 0 Å². The van der Waals surface area contributed by atoms with E-state index in [0.717, 1.165) is 13.2 Å². The summed E-state index contributed by atoms with van der Waals surface area (Å²) in [7, 11) is -0.630. The van der Waals surface area contributed by atoms with Gasteiger partial charge in [0.15, 0.2) is 0 Å². The van der Waals surface area contributed by atoms with Gasteiger partial charge in [0.2, 0.25) is 0 Å². The van der Waals surface area contributed by atoms with Crippen LogP contribution < -0.4 is 0 Å². The van der Waals surface area contributed by atoms with Gasteiger partial charge in [0.05, 0.1) is 13.2 Å². The monoisotopic (exact) mass is 175 g/mol. The second-order valence-corrected chi connectivity index (χ2v) is 4.48. The Hall–Kier alpha value is 0.310. The quantitative estimate of drug-likeness (QED) is 0.566. The van der Waals surface area contributed by atoms with Crippen molar-refractivity contribution >= 4 is 8.53 Å². The molecule has 0 aromatic carbocycles. The van der Waals surface area contributed by atoms with Gasteiger partial charge in [0.25, 0.3) is 8.53 Å². The Morgan fingerprint density at radius 3 is 2.18 bits per heavy atom. The Balaban J connectivity index is 1.82. The van der Waals surface area contributed by atoms with Crippen LogP contribution in [0.15, 0.2) is 0 Å². The Bertz CT molecular complexity index is 122. The zero-order valence-electron chi connectivity index (χ0n) is 6.66. The van der Waals surface area contributed by atoms with Gasteiger partial charge < -0.3 is 9.05 Å². The average Bonchev–Trinajstić information content (AvgIpc) is 2.58. The summed E-state index contributed by atoms with van der Waals surface area (Å²) in [5.41, 5.74) is 0. The number of rotatable bonds is 1. The fourth-order valence-corrected chi connectivity index (χ4v) is 2.94. The van der Waals surface area contributed by atoms with E-state index in [-0.39, 0.29) is 0 Å². The first-order chi connectivity index (χ1) is 5.47. The van der Waals surface area contributed by atoms with E-state index in [1.54, 1.807) is 0 Å². The third-order valence-corrected chi connectivity index (χ3v) is 3.72. The van der Waals surface area contributed by atoms with Crippen LogP contribution in [0.1, 0.15) is 19.3 Å². The SMILES string of the molecule is C1CCN(P2OCCO2)CC1. The van der Waals surface area contributed by atoms with E-state index in [0.29, 0.717) is 0 Å². The van der Waals surface area contributed by atoms with Crippen molar-refractivity contribution in [1.82, 2.24) is 4.67 Å². The molecule has 2 aliphatic heterocycles. The van der Waals surface area contributed by atoms with Gasteiger partial charge in [-0.25, -0.2) is 4.67 Å². The number of piperidine rings is 1. The minimum absolute atomic E-state index is 0.630. The number of nitrogens with zero attached hydrogens (tertiary/aromatic N) is 1. The summed E-state index contributed by atoms with van der Waals surface area (Å²) in [6.07, 6.45) is 4.00. The second kappa shape index (κ2) is 3.81. The predicted molar refractivity (Wildman–Crippen MR) is 44.2 cm³/mol. The highest BCUT2D eigenvalue weighted by atomic mass is 31.2. The molecule has 0 N–H and O–H groups in total. The van der Waals surface area contributed by atoms with Crippen LogP contribution >= 0.6 is 8.53 Å². The molecule has 2 heterocycles. The standard InChI is InChI=1S/C7H14NO2P/c1-2-4-8(5-3-1)11-9-6-7-10-11/h1-7H2. The molecule has 4 heteroatoms. The lowest BCUT2D eigenvalue weighted by atomic mass is 10.2. The summed E-state index contributed by atoms with van der Waals surface area (Å²) < 4.78 is 13.3. The smallest absolute Gasteiger partial charge is 0.258 e. The van der Waals surface area contributed by atoms with Crippen molar-refractivity contribution in [2.75, 3.05) is 26.3 Å². The van der Waals surface area contributed by atoms with Crippen LogP contribution in [0.2, 0.25) is 0 Å². The number of hydrogen-bond acceptors (Lipinski definition) is 3. The highest BCUT2D eigenvalue weighted by Gasteiger charge is 2.26. The molecule has 64 valence electrons. The molecule has 0 unspecified atom stereocenters. The molecule has 0 spiro atoms. The van der Waals surface area contributed by atoms with E-state index in [2.05, 4.69) is 4.67 Å². The highest BCUT2D eigenvalue weighted by molar-refractivity contribution is 7.44. The van der Waals surface area contributed by atoms with Crippen molar-refractivity contribution in [2.45, 2.75) is 19.3 Å². The summed E-state index contributed by atoms with van der Waals surface area (Å²) in [5, 5.41) is 0. The van der Waals surface area contributed by atoms with Gasteiger partial charge >= 0.3 is 0 Å². The van der Waals surface area contributed by atoms with Gasteiger partial charge in [-0.15, -0.1) is 0 Å². The normalized spacial score (nSPS) is 29.5. The zero-order valence-corrected chi connectivity index (χ0v) is 7.56. The van der Waals surface area contributed by atoms with Gasteiger partial charge in [0, 0.05) is 13.1 Å². The molecule has 2 fully saturated rings. The Morgan fingerprint density at radius 2 is 1.55 bits per heavy atom. The second-order valence-electron chi connectivity index (χ2n) is 2.92. The maximum atomic E-state index is 5.46. The molecule has 0 aliphatic carbocycles. The summed E-state index contributed by atoms with van der Waals surface area (Å²) in [6, 6.07) is 0. The minimum Gasteiger partial charge on any atom is -0.320 e. The first kappa shape index (κ1) is 7.93. The maximum Gasteiger partial charge on any atom is 0.258 e. The Kier molecular flexibility index (Phi) is 2.75. The number of hydrogen-bond donors (Lipinski definition) is 0. The van der Waals surface area contributed by atoms with Gasteiger partial charge in [-0.05, 0) is 12.8 Å². The molecular weight excluding hydrogens is 161 g/mol. The third-order valence-electron chi connectivity index (χ3n) is 2.05. The van der Waals surface area contributed by atoms with E-state index in [9.17, 15) is 0 Å². The molecule has 2 saturated heterocycles. The van der Waals surface area contributed by atoms with Crippen LogP contribution in [0.4, 0.5) is 0 Å². The summed E-state index contributed by atoms with van der Waals surface area (Å²) in [5.74, 6) is 0. The molecular formula is C7H14NO2P. The molecule has 3 nitrogen and oxygen atoms in total. The highest BCUT2D eigenvalue weighted by Crippen LogP contribution is 2.47. The molecule has 11 heavy (non-hydrogen) atoms. The minimum atomic E-state index is -0.630. The molecule has 2 aliphatic rings. The molecule has 0 aromatic rings. The molecule has 0 bridgehead atoms. The van der Waals surface area contributed by atoms with Crippen LogP contribution in [0.5, 0.6) is 0 Å². The lowest BCUT2D eigenvalue weighted by Crippen LogP contribution is -2.24. The van der Waals surface area contributed by atoms with E-state index < -0.39 is 8.53 Å². The van der Waals surface area contributed by atoms with Gasteiger partial charge in [-0.2, -0.15) is 0 Å². The van der Waals surface area contributed by atoms with Crippen LogP contribution in [0, 0.1) is 0 Å². The molecule has 0 atom stereocenters. The fourth-order valence-electron chi connectivity index (χ4n) is 1.47. The van der Waals surface area contributed by atoms with Gasteiger partial charge in [-0.1, -0.05) is 6.42 Å². The molecule has 2 rings (SSSR count). The van der Waals surface area contributed by atoms with Crippen molar-refractivity contribution in [1.29, 1.82) is 0 Å². The van der Waals surface area contributed by atoms with Gasteiger partial charge in [-0.3, -0.25) is 0 Å². The maximum absolute atomic E-state index is 5.46. The summed E-state index contributed by atoms with van der Waals surface area (Å²) >= 11 is 0. The first-order valence-electron chi connectivity index (χ1n) is 4.27. The average molecular weight is 175 g/mol. The lowest BCUT2D eigenvalue weighted by Gasteiger charge is -2.28. The van der Waals surface area contributed by atoms with Crippen molar-refractivity contribution in [3.05, 3.63) is 0 Å². The Morgan fingerprint density at radius 1 is 0.909 bits per heavy atom. The van der Waals surface area contributed by atoms with E-state index in [1.165, 1.54) is 32.4 Å². The summed E-state index contributed by atoms with van der Waals surface area (Å²) in [4.78, 5) is 0. The zero-order chi connectivity index (χ0) is 7.52. The van der Waals surface area contributed by atoms with E-state index >= 15 is 0 Å². The van der Waals surface area contributed by atoms with Crippen molar-refractivity contribution < 1.29 is 9.05 Å². The van der Waals surface area contributed by atoms with Crippen LogP contribution in [0.3, 0.4) is 0 Å². The Labute approximate surface area is 68.6 Å². The third kappa shape index (κ3) is 1.91. The predicted octanol–water partition coefficient (Wildman–Crippen LogP) is 1.75. The van der Waals surface area contributed by atoms with Crippen molar-refractivity contribution in [2.24, 2.45) is 0 Å². The summed E-state index contributed by atoms with van der Waals surface area (Å²) in [6.45, 7) is 3.93. The molecule has 0 radical (unpaired) electrons. The van der Waals surface area contributed by atoms with Crippen molar-refractivity contribution in [3.8, 4) is 0 Å².